The summed E-state index contributed by atoms with van der Waals surface area (Å²) in [6.45, 7) is 27.0. The molecule has 0 aliphatic rings. The summed E-state index contributed by atoms with van der Waals surface area (Å²) < 4.78 is 4.69. The molecular weight excluding hydrogens is 655 g/mol. The molecule has 1 N–H and O–H groups in total. The third-order valence-electron chi connectivity index (χ3n) is 9.11. The van der Waals surface area contributed by atoms with E-state index in [1.807, 2.05) is 55.4 Å². The van der Waals surface area contributed by atoms with Crippen molar-refractivity contribution < 1.29 is 0 Å². The van der Waals surface area contributed by atoms with Gasteiger partial charge in [0.15, 0.2) is 0 Å². The Bertz CT molecular complexity index is 2390. The number of aromatic nitrogens is 3. The van der Waals surface area contributed by atoms with E-state index < -0.39 is 0 Å². The van der Waals surface area contributed by atoms with Crippen molar-refractivity contribution in [1.82, 2.24) is 14.1 Å². The Balaban J connectivity index is 0.000000201. The molecule has 0 radical (unpaired) electrons. The number of fused-ring (bicyclic) bond motifs is 9. The fourth-order valence-electron chi connectivity index (χ4n) is 6.92. The minimum atomic E-state index is 0.482. The molecule has 3 aromatic heterocycles. The van der Waals surface area contributed by atoms with E-state index in [0.29, 0.717) is 6.04 Å². The van der Waals surface area contributed by atoms with E-state index in [1.54, 1.807) is 0 Å². The van der Waals surface area contributed by atoms with E-state index in [4.69, 9.17) is 0 Å². The van der Waals surface area contributed by atoms with Crippen LogP contribution in [0.2, 0.25) is 0 Å². The summed E-state index contributed by atoms with van der Waals surface area (Å²) >= 11 is 0. The standard InChI is InChI=1S/C17H19N.C14H13N.C12H9N.4C2H6/c1-11(2)18-16-7-5-12(3)9-14(16)15-10-13(4)6-8-17(15)18;1-10-7-8-14-12(9-10)11-5-3-4-6-13(11)15(14)2;1-3-7-11-9(5-1)10-6-2-4-8-12(10)13-11;4*1-2/h5-11H,1-4H3;3-9H,1-2H3;1-8,13H;4*1-2H3. The van der Waals surface area contributed by atoms with Gasteiger partial charge in [-0.15, -0.1) is 0 Å². The summed E-state index contributed by atoms with van der Waals surface area (Å²) in [5.41, 5.74) is 11.7. The lowest BCUT2D eigenvalue weighted by Gasteiger charge is -2.11. The highest BCUT2D eigenvalue weighted by Crippen LogP contribution is 2.33. The van der Waals surface area contributed by atoms with Crippen LogP contribution in [0.1, 0.15) is 92.0 Å². The van der Waals surface area contributed by atoms with Crippen molar-refractivity contribution in [3.63, 3.8) is 0 Å². The number of H-pyrrole nitrogens is 1. The molecule has 9 aromatic rings. The average Bonchev–Trinajstić information content (AvgIpc) is 3.85. The average molecular weight is 720 g/mol. The van der Waals surface area contributed by atoms with Crippen molar-refractivity contribution in [3.8, 4) is 0 Å². The van der Waals surface area contributed by atoms with Crippen molar-refractivity contribution in [3.05, 3.63) is 144 Å². The molecule has 284 valence electrons. The first kappa shape index (κ1) is 43.1. The van der Waals surface area contributed by atoms with Gasteiger partial charge in [-0.3, -0.25) is 0 Å². The Hall–Kier alpha value is -5.28. The van der Waals surface area contributed by atoms with E-state index in [2.05, 4.69) is 183 Å². The van der Waals surface area contributed by atoms with Gasteiger partial charge in [0.25, 0.3) is 0 Å². The molecule has 3 heteroatoms. The van der Waals surface area contributed by atoms with Gasteiger partial charge >= 0.3 is 0 Å². The van der Waals surface area contributed by atoms with E-state index in [-0.39, 0.29) is 0 Å². The summed E-state index contributed by atoms with van der Waals surface area (Å²) in [5, 5.41) is 8.06. The van der Waals surface area contributed by atoms with Gasteiger partial charge in [-0.05, 0) is 89.2 Å². The molecule has 0 fully saturated rings. The predicted octanol–water partition coefficient (Wildman–Crippen LogP) is 16.1. The van der Waals surface area contributed by atoms with Gasteiger partial charge in [-0.1, -0.05) is 145 Å². The zero-order valence-electron chi connectivity index (χ0n) is 35.6. The molecule has 54 heavy (non-hydrogen) atoms. The van der Waals surface area contributed by atoms with E-state index in [0.717, 1.165) is 0 Å². The second-order valence-corrected chi connectivity index (χ2v) is 12.8. The first-order valence-corrected chi connectivity index (χ1v) is 20.2. The molecule has 0 saturated carbocycles. The van der Waals surface area contributed by atoms with Crippen molar-refractivity contribution in [2.75, 3.05) is 0 Å². The van der Waals surface area contributed by atoms with Crippen molar-refractivity contribution >= 4 is 65.4 Å². The summed E-state index contributed by atoms with van der Waals surface area (Å²) in [5.74, 6) is 0. The maximum absolute atomic E-state index is 3.38. The van der Waals surface area contributed by atoms with Gasteiger partial charge in [0.05, 0.1) is 0 Å². The number of nitrogens with zero attached hydrogens (tertiary/aromatic N) is 2. The van der Waals surface area contributed by atoms with Crippen LogP contribution in [0, 0.1) is 20.8 Å². The topological polar surface area (TPSA) is 25.6 Å². The minimum absolute atomic E-state index is 0.482. The fourth-order valence-corrected chi connectivity index (χ4v) is 6.92. The molecule has 0 unspecified atom stereocenters. The molecule has 3 nitrogen and oxygen atoms in total. The van der Waals surface area contributed by atoms with Gasteiger partial charge in [0.1, 0.15) is 0 Å². The fraction of sp³-hybridized carbons (Fsp3) is 0.294. The highest BCUT2D eigenvalue weighted by atomic mass is 15.0. The minimum Gasteiger partial charge on any atom is -0.355 e. The van der Waals surface area contributed by atoms with Crippen molar-refractivity contribution in [1.29, 1.82) is 0 Å². The van der Waals surface area contributed by atoms with Crippen LogP contribution in [-0.4, -0.2) is 14.1 Å². The lowest BCUT2D eigenvalue weighted by molar-refractivity contribution is 0.642. The lowest BCUT2D eigenvalue weighted by atomic mass is 10.1. The van der Waals surface area contributed by atoms with Crippen LogP contribution in [-0.2, 0) is 7.05 Å². The van der Waals surface area contributed by atoms with Crippen LogP contribution < -0.4 is 0 Å². The molecule has 0 bridgehead atoms. The van der Waals surface area contributed by atoms with Gasteiger partial charge < -0.3 is 14.1 Å². The van der Waals surface area contributed by atoms with Crippen LogP contribution in [0.3, 0.4) is 0 Å². The highest BCUT2D eigenvalue weighted by Gasteiger charge is 2.12. The van der Waals surface area contributed by atoms with Gasteiger partial charge in [0.2, 0.25) is 0 Å². The highest BCUT2D eigenvalue weighted by molar-refractivity contribution is 6.09. The third-order valence-corrected chi connectivity index (χ3v) is 9.11. The van der Waals surface area contributed by atoms with Crippen LogP contribution in [0.5, 0.6) is 0 Å². The van der Waals surface area contributed by atoms with Crippen LogP contribution in [0.15, 0.2) is 127 Å². The van der Waals surface area contributed by atoms with E-state index in [1.165, 1.54) is 82.1 Å². The summed E-state index contributed by atoms with van der Waals surface area (Å²) in [7, 11) is 2.12. The molecule has 0 aliphatic heterocycles. The number of rotatable bonds is 1. The Morgan fingerprint density at radius 3 is 1.15 bits per heavy atom. The summed E-state index contributed by atoms with van der Waals surface area (Å²) in [4.78, 5) is 3.38. The predicted molar refractivity (Wildman–Crippen MR) is 246 cm³/mol. The maximum Gasteiger partial charge on any atom is 0.0493 e. The zero-order chi connectivity index (χ0) is 39.9. The molecule has 0 saturated heterocycles. The van der Waals surface area contributed by atoms with Crippen LogP contribution >= 0.6 is 0 Å². The molecule has 0 spiro atoms. The SMILES string of the molecule is CC.CC.CC.CC.Cc1ccc2c(c1)c1cc(C)ccc1n2C(C)C.Cc1ccc2c(c1)c1ccccc1n2C.c1ccc2c(c1)[nH]c1ccccc12. The second-order valence-electron chi connectivity index (χ2n) is 12.8. The Morgan fingerprint density at radius 1 is 0.389 bits per heavy atom. The molecule has 9 rings (SSSR count). The number of aromatic amines is 1. The molecule has 6 aromatic carbocycles. The van der Waals surface area contributed by atoms with Crippen LogP contribution in [0.25, 0.3) is 65.4 Å². The first-order chi connectivity index (χ1) is 26.3. The van der Waals surface area contributed by atoms with Gasteiger partial charge in [-0.2, -0.15) is 0 Å². The summed E-state index contributed by atoms with van der Waals surface area (Å²) in [6, 6.07) is 45.9. The molecule has 0 amide bonds. The first-order valence-electron chi connectivity index (χ1n) is 20.2. The van der Waals surface area contributed by atoms with Crippen LogP contribution in [0.4, 0.5) is 0 Å². The number of hydrogen-bond donors (Lipinski definition) is 1. The van der Waals surface area contributed by atoms with E-state index >= 15 is 0 Å². The molecular formula is C51H65N3. The third kappa shape index (κ3) is 9.26. The number of hydrogen-bond acceptors (Lipinski definition) is 0. The number of benzene rings is 6. The van der Waals surface area contributed by atoms with Gasteiger partial charge in [0, 0.05) is 78.5 Å². The quantitative estimate of drug-likeness (QED) is 0.175. The second kappa shape index (κ2) is 20.8. The van der Waals surface area contributed by atoms with Crippen molar-refractivity contribution in [2.45, 2.75) is 96.1 Å². The number of nitrogens with one attached hydrogen (secondary N) is 1. The van der Waals surface area contributed by atoms with Gasteiger partial charge in [-0.25, -0.2) is 0 Å². The monoisotopic (exact) mass is 720 g/mol. The number of aryl methyl sites for hydroxylation is 4. The Kier molecular flexibility index (Phi) is 16.6. The largest absolute Gasteiger partial charge is 0.355 e. The Labute approximate surface area is 325 Å². The molecule has 3 heterocycles. The van der Waals surface area contributed by atoms with Crippen molar-refractivity contribution in [2.24, 2.45) is 7.05 Å². The zero-order valence-corrected chi connectivity index (χ0v) is 35.6. The molecule has 0 aliphatic carbocycles. The number of para-hydroxylation sites is 3. The van der Waals surface area contributed by atoms with E-state index in [9.17, 15) is 0 Å². The smallest absolute Gasteiger partial charge is 0.0493 e. The summed E-state index contributed by atoms with van der Waals surface area (Å²) in [6.07, 6.45) is 0. The maximum atomic E-state index is 3.38. The Morgan fingerprint density at radius 2 is 0.722 bits per heavy atom. The lowest BCUT2D eigenvalue weighted by Crippen LogP contribution is -1.99. The normalized spacial score (nSPS) is 10.2. The molecule has 0 atom stereocenters.